The Kier molecular flexibility index (Phi) is 4.04. The summed E-state index contributed by atoms with van der Waals surface area (Å²) in [6.07, 6.45) is 0. The SMILES string of the molecule is Fc1cc(F)c(NCc2ccccc2Cl)c(Cl)c1. The van der Waals surface area contributed by atoms with Crippen LogP contribution in [0.2, 0.25) is 10.0 Å². The average Bonchev–Trinajstić information content (AvgIpc) is 2.30. The summed E-state index contributed by atoms with van der Waals surface area (Å²) in [5, 5.41) is 3.38. The summed E-state index contributed by atoms with van der Waals surface area (Å²) in [6.45, 7) is 0.307. The number of benzene rings is 2. The molecule has 2 aromatic carbocycles. The van der Waals surface area contributed by atoms with Crippen molar-refractivity contribution in [2.75, 3.05) is 5.32 Å². The highest BCUT2D eigenvalue weighted by molar-refractivity contribution is 6.33. The molecule has 0 spiro atoms. The van der Waals surface area contributed by atoms with Crippen molar-refractivity contribution in [3.05, 3.63) is 63.6 Å². The second-order valence-electron chi connectivity index (χ2n) is 3.69. The Bertz CT molecular complexity index is 550. The van der Waals surface area contributed by atoms with Gasteiger partial charge in [-0.2, -0.15) is 0 Å². The molecule has 0 aliphatic heterocycles. The van der Waals surface area contributed by atoms with Crippen molar-refractivity contribution in [2.24, 2.45) is 0 Å². The number of nitrogens with one attached hydrogen (secondary N) is 1. The molecule has 0 unspecified atom stereocenters. The fourth-order valence-electron chi connectivity index (χ4n) is 1.54. The smallest absolute Gasteiger partial charge is 0.150 e. The van der Waals surface area contributed by atoms with Gasteiger partial charge >= 0.3 is 0 Å². The first-order chi connectivity index (χ1) is 8.58. The van der Waals surface area contributed by atoms with Gasteiger partial charge in [0.1, 0.15) is 5.82 Å². The summed E-state index contributed by atoms with van der Waals surface area (Å²) < 4.78 is 26.4. The van der Waals surface area contributed by atoms with Gasteiger partial charge in [0, 0.05) is 17.6 Å². The quantitative estimate of drug-likeness (QED) is 0.848. The largest absolute Gasteiger partial charge is 0.377 e. The molecule has 1 nitrogen and oxygen atoms in total. The molecule has 5 heteroatoms. The van der Waals surface area contributed by atoms with Crippen LogP contribution in [0.25, 0.3) is 0 Å². The highest BCUT2D eigenvalue weighted by atomic mass is 35.5. The van der Waals surface area contributed by atoms with E-state index in [1.54, 1.807) is 12.1 Å². The van der Waals surface area contributed by atoms with Gasteiger partial charge in [0.05, 0.1) is 10.7 Å². The van der Waals surface area contributed by atoms with Crippen molar-refractivity contribution in [1.82, 2.24) is 0 Å². The lowest BCUT2D eigenvalue weighted by Gasteiger charge is -2.10. The molecule has 0 saturated carbocycles. The van der Waals surface area contributed by atoms with Gasteiger partial charge in [-0.1, -0.05) is 41.4 Å². The molecule has 0 aliphatic rings. The lowest BCUT2D eigenvalue weighted by molar-refractivity contribution is 0.585. The molecule has 0 aliphatic carbocycles. The summed E-state index contributed by atoms with van der Waals surface area (Å²) in [4.78, 5) is 0. The zero-order chi connectivity index (χ0) is 13.1. The second kappa shape index (κ2) is 5.55. The van der Waals surface area contributed by atoms with E-state index < -0.39 is 11.6 Å². The molecule has 0 amide bonds. The Balaban J connectivity index is 2.19. The predicted molar refractivity (Wildman–Crippen MR) is 70.1 cm³/mol. The molecule has 2 aromatic rings. The van der Waals surface area contributed by atoms with Gasteiger partial charge < -0.3 is 5.32 Å². The zero-order valence-electron chi connectivity index (χ0n) is 9.18. The van der Waals surface area contributed by atoms with Crippen LogP contribution in [0.3, 0.4) is 0 Å². The van der Waals surface area contributed by atoms with E-state index >= 15 is 0 Å². The first kappa shape index (κ1) is 13.1. The van der Waals surface area contributed by atoms with Gasteiger partial charge in [-0.25, -0.2) is 8.78 Å². The van der Waals surface area contributed by atoms with Crippen LogP contribution in [0.5, 0.6) is 0 Å². The Morgan fingerprint density at radius 1 is 1.00 bits per heavy atom. The highest BCUT2D eigenvalue weighted by Crippen LogP contribution is 2.27. The van der Waals surface area contributed by atoms with Gasteiger partial charge in [-0.3, -0.25) is 0 Å². The van der Waals surface area contributed by atoms with Crippen molar-refractivity contribution in [3.63, 3.8) is 0 Å². The Morgan fingerprint density at radius 3 is 2.39 bits per heavy atom. The average molecular weight is 288 g/mol. The fraction of sp³-hybridized carbons (Fsp3) is 0.0769. The third-order valence-corrected chi connectivity index (χ3v) is 3.09. The van der Waals surface area contributed by atoms with Crippen molar-refractivity contribution in [1.29, 1.82) is 0 Å². The summed E-state index contributed by atoms with van der Waals surface area (Å²) in [5.74, 6) is -1.44. The van der Waals surface area contributed by atoms with E-state index in [0.717, 1.165) is 17.7 Å². The van der Waals surface area contributed by atoms with Crippen LogP contribution >= 0.6 is 23.2 Å². The molecule has 0 fully saturated rings. The van der Waals surface area contributed by atoms with Gasteiger partial charge in [0.25, 0.3) is 0 Å². The highest BCUT2D eigenvalue weighted by Gasteiger charge is 2.10. The number of hydrogen-bond donors (Lipinski definition) is 1. The number of halogens is 4. The monoisotopic (exact) mass is 287 g/mol. The van der Waals surface area contributed by atoms with Crippen LogP contribution in [0.15, 0.2) is 36.4 Å². The minimum atomic E-state index is -0.730. The maximum Gasteiger partial charge on any atom is 0.150 e. The van der Waals surface area contributed by atoms with E-state index in [1.807, 2.05) is 12.1 Å². The van der Waals surface area contributed by atoms with Crippen LogP contribution in [-0.2, 0) is 6.54 Å². The van der Waals surface area contributed by atoms with Crippen LogP contribution < -0.4 is 5.32 Å². The van der Waals surface area contributed by atoms with Crippen molar-refractivity contribution in [3.8, 4) is 0 Å². The van der Waals surface area contributed by atoms with E-state index in [1.165, 1.54) is 0 Å². The Hall–Kier alpha value is -1.32. The molecular formula is C13H9Cl2F2N. The zero-order valence-corrected chi connectivity index (χ0v) is 10.7. The van der Waals surface area contributed by atoms with Crippen molar-refractivity contribution in [2.45, 2.75) is 6.54 Å². The van der Waals surface area contributed by atoms with E-state index in [-0.39, 0.29) is 10.7 Å². The molecule has 0 heterocycles. The van der Waals surface area contributed by atoms with Crippen LogP contribution in [0.4, 0.5) is 14.5 Å². The fourth-order valence-corrected chi connectivity index (χ4v) is 2.00. The minimum Gasteiger partial charge on any atom is -0.377 e. The molecule has 0 saturated heterocycles. The summed E-state index contributed by atoms with van der Waals surface area (Å²) >= 11 is 11.7. The molecule has 0 bridgehead atoms. The van der Waals surface area contributed by atoms with E-state index in [4.69, 9.17) is 23.2 Å². The maximum atomic E-state index is 13.5. The summed E-state index contributed by atoms with van der Waals surface area (Å²) in [7, 11) is 0. The molecule has 0 radical (unpaired) electrons. The maximum absolute atomic E-state index is 13.5. The van der Waals surface area contributed by atoms with E-state index in [0.29, 0.717) is 11.6 Å². The third kappa shape index (κ3) is 2.92. The Morgan fingerprint density at radius 2 is 1.72 bits per heavy atom. The van der Waals surface area contributed by atoms with Gasteiger partial charge in [0.2, 0.25) is 0 Å². The van der Waals surface area contributed by atoms with E-state index in [9.17, 15) is 8.78 Å². The topological polar surface area (TPSA) is 12.0 Å². The van der Waals surface area contributed by atoms with Crippen molar-refractivity contribution < 1.29 is 8.78 Å². The molecular weight excluding hydrogens is 279 g/mol. The second-order valence-corrected chi connectivity index (χ2v) is 4.50. The lowest BCUT2D eigenvalue weighted by Crippen LogP contribution is -2.03. The van der Waals surface area contributed by atoms with Crippen molar-refractivity contribution >= 4 is 28.9 Å². The first-order valence-electron chi connectivity index (χ1n) is 5.20. The predicted octanol–water partition coefficient (Wildman–Crippen LogP) is 4.88. The molecule has 94 valence electrons. The normalized spacial score (nSPS) is 10.4. The number of hydrogen-bond acceptors (Lipinski definition) is 1. The van der Waals surface area contributed by atoms with Crippen LogP contribution in [0.1, 0.15) is 5.56 Å². The van der Waals surface area contributed by atoms with Crippen LogP contribution in [-0.4, -0.2) is 0 Å². The van der Waals surface area contributed by atoms with Gasteiger partial charge in [-0.15, -0.1) is 0 Å². The number of rotatable bonds is 3. The third-order valence-electron chi connectivity index (χ3n) is 2.42. The summed E-state index contributed by atoms with van der Waals surface area (Å²) in [5.41, 5.74) is 0.872. The standard InChI is InChI=1S/C13H9Cl2F2N/c14-10-4-2-1-3-8(10)7-18-13-11(15)5-9(16)6-12(13)17/h1-6,18H,7H2. The van der Waals surface area contributed by atoms with Crippen LogP contribution in [0, 0.1) is 11.6 Å². The molecule has 0 aromatic heterocycles. The Labute approximate surface area is 113 Å². The number of anilines is 1. The van der Waals surface area contributed by atoms with Gasteiger partial charge in [0.15, 0.2) is 5.82 Å². The molecule has 1 N–H and O–H groups in total. The summed E-state index contributed by atoms with van der Waals surface area (Å²) in [6, 6.07) is 9.01. The first-order valence-corrected chi connectivity index (χ1v) is 5.95. The van der Waals surface area contributed by atoms with E-state index in [2.05, 4.69) is 5.32 Å². The minimum absolute atomic E-state index is 0.000413. The van der Waals surface area contributed by atoms with Gasteiger partial charge in [-0.05, 0) is 17.7 Å². The lowest BCUT2D eigenvalue weighted by atomic mass is 10.2. The molecule has 18 heavy (non-hydrogen) atoms. The molecule has 0 atom stereocenters. The molecule has 2 rings (SSSR count).